The number of halogens is 4. The van der Waals surface area contributed by atoms with E-state index in [9.17, 15) is 18.0 Å². The molecular weight excluding hydrogens is 450 g/mol. The highest BCUT2D eigenvalue weighted by atomic mass is 127. The molecular formula is C15H27F3IN5O. The van der Waals surface area contributed by atoms with Gasteiger partial charge >= 0.3 is 6.18 Å². The van der Waals surface area contributed by atoms with Gasteiger partial charge in [-0.3, -0.25) is 9.69 Å². The van der Waals surface area contributed by atoms with Crippen LogP contribution in [0, 0.1) is 0 Å². The first-order valence-corrected chi connectivity index (χ1v) is 7.75. The van der Waals surface area contributed by atoms with Gasteiger partial charge in [0, 0.05) is 39.8 Å². The van der Waals surface area contributed by atoms with E-state index in [4.69, 9.17) is 0 Å². The smallest absolute Gasteiger partial charge is 0.353 e. The third-order valence-corrected chi connectivity index (χ3v) is 3.44. The highest BCUT2D eigenvalue weighted by Crippen LogP contribution is 2.19. The standard InChI is InChI=1S/C15H26F3N5O.HI/c1-11(2)7-19-14(20-8-13(24)22(3)4)21-12-5-6-23(9-12)10-15(16,17)18;/h12H,1,5-10H2,2-4H3,(H2,19,20,21);1H. The molecule has 0 aromatic carbocycles. The third-order valence-electron chi connectivity index (χ3n) is 3.44. The topological polar surface area (TPSA) is 60.0 Å². The number of carbonyl (C=O) groups excluding carboxylic acids is 1. The number of hydrogen-bond donors (Lipinski definition) is 2. The van der Waals surface area contributed by atoms with Gasteiger partial charge in [0.15, 0.2) is 5.96 Å². The molecule has 1 amide bonds. The van der Waals surface area contributed by atoms with Gasteiger partial charge in [0.2, 0.25) is 5.91 Å². The number of hydrogen-bond acceptors (Lipinski definition) is 3. The second-order valence-electron chi connectivity index (χ2n) is 6.24. The molecule has 0 aromatic rings. The zero-order valence-corrected chi connectivity index (χ0v) is 17.1. The molecule has 25 heavy (non-hydrogen) atoms. The van der Waals surface area contributed by atoms with Gasteiger partial charge < -0.3 is 15.5 Å². The molecule has 6 nitrogen and oxygen atoms in total. The summed E-state index contributed by atoms with van der Waals surface area (Å²) in [7, 11) is 3.27. The van der Waals surface area contributed by atoms with Crippen LogP contribution in [0.3, 0.4) is 0 Å². The summed E-state index contributed by atoms with van der Waals surface area (Å²) in [5.74, 6) is 0.253. The lowest BCUT2D eigenvalue weighted by molar-refractivity contribution is -0.143. The summed E-state index contributed by atoms with van der Waals surface area (Å²) in [6.07, 6.45) is -3.60. The van der Waals surface area contributed by atoms with Gasteiger partial charge in [-0.05, 0) is 13.3 Å². The van der Waals surface area contributed by atoms with E-state index in [0.29, 0.717) is 25.5 Å². The van der Waals surface area contributed by atoms with Crippen LogP contribution in [0.25, 0.3) is 0 Å². The molecule has 1 unspecified atom stereocenters. The zero-order chi connectivity index (χ0) is 18.3. The van der Waals surface area contributed by atoms with Gasteiger partial charge in [-0.1, -0.05) is 12.2 Å². The zero-order valence-electron chi connectivity index (χ0n) is 14.8. The van der Waals surface area contributed by atoms with Gasteiger partial charge in [0.1, 0.15) is 6.54 Å². The number of guanidine groups is 1. The lowest BCUT2D eigenvalue weighted by Gasteiger charge is -2.20. The Morgan fingerprint density at radius 3 is 2.56 bits per heavy atom. The van der Waals surface area contributed by atoms with Crippen LogP contribution in [-0.4, -0.2) is 80.7 Å². The SMILES string of the molecule is C=C(C)CNC(=NCC(=O)N(C)C)NC1CCN(CC(F)(F)F)C1.I. The molecule has 1 heterocycles. The molecule has 1 fully saturated rings. The van der Waals surface area contributed by atoms with Crippen molar-refractivity contribution < 1.29 is 18.0 Å². The largest absolute Gasteiger partial charge is 0.401 e. The van der Waals surface area contributed by atoms with Crippen molar-refractivity contribution in [2.24, 2.45) is 4.99 Å². The summed E-state index contributed by atoms with van der Waals surface area (Å²) in [5.41, 5.74) is 0.883. The van der Waals surface area contributed by atoms with E-state index in [0.717, 1.165) is 5.57 Å². The number of alkyl halides is 3. The lowest BCUT2D eigenvalue weighted by Crippen LogP contribution is -2.46. The van der Waals surface area contributed by atoms with E-state index in [1.54, 1.807) is 14.1 Å². The van der Waals surface area contributed by atoms with Crippen molar-refractivity contribution in [1.82, 2.24) is 20.4 Å². The maximum atomic E-state index is 12.4. The number of carbonyl (C=O) groups is 1. The van der Waals surface area contributed by atoms with Crippen molar-refractivity contribution in [1.29, 1.82) is 0 Å². The van der Waals surface area contributed by atoms with Crippen molar-refractivity contribution in [3.05, 3.63) is 12.2 Å². The number of likely N-dealkylation sites (tertiary alicyclic amines) is 1. The molecule has 0 bridgehead atoms. The van der Waals surface area contributed by atoms with Crippen molar-refractivity contribution in [3.63, 3.8) is 0 Å². The molecule has 1 atom stereocenters. The van der Waals surface area contributed by atoms with E-state index in [-0.39, 0.29) is 49.0 Å². The van der Waals surface area contributed by atoms with Crippen molar-refractivity contribution in [2.45, 2.75) is 25.6 Å². The molecule has 1 aliphatic rings. The molecule has 0 radical (unpaired) electrons. The Bertz CT molecular complexity index is 482. The Morgan fingerprint density at radius 1 is 1.40 bits per heavy atom. The predicted molar refractivity (Wildman–Crippen MR) is 103 cm³/mol. The Morgan fingerprint density at radius 2 is 2.04 bits per heavy atom. The average molecular weight is 477 g/mol. The van der Waals surface area contributed by atoms with E-state index in [2.05, 4.69) is 22.2 Å². The number of nitrogens with zero attached hydrogens (tertiary/aromatic N) is 3. The van der Waals surface area contributed by atoms with E-state index < -0.39 is 12.7 Å². The summed E-state index contributed by atoms with van der Waals surface area (Å²) in [6.45, 7) is 5.82. The van der Waals surface area contributed by atoms with Gasteiger partial charge in [0.25, 0.3) is 0 Å². The molecule has 0 spiro atoms. The van der Waals surface area contributed by atoms with Crippen molar-refractivity contribution in [2.75, 3.05) is 46.8 Å². The normalized spacial score (nSPS) is 18.5. The second kappa shape index (κ2) is 10.8. The summed E-state index contributed by atoms with van der Waals surface area (Å²) >= 11 is 0. The number of nitrogens with one attached hydrogen (secondary N) is 2. The van der Waals surface area contributed by atoms with E-state index in [1.165, 1.54) is 9.80 Å². The third kappa shape index (κ3) is 10.5. The van der Waals surface area contributed by atoms with Crippen LogP contribution < -0.4 is 10.6 Å². The molecule has 2 N–H and O–H groups in total. The number of rotatable bonds is 6. The number of aliphatic imine (C=N–C) groups is 1. The van der Waals surface area contributed by atoms with Crippen LogP contribution in [0.1, 0.15) is 13.3 Å². The van der Waals surface area contributed by atoms with Crippen LogP contribution in [-0.2, 0) is 4.79 Å². The molecule has 1 saturated heterocycles. The first-order chi connectivity index (χ1) is 11.1. The van der Waals surface area contributed by atoms with Crippen LogP contribution in [0.2, 0.25) is 0 Å². The lowest BCUT2D eigenvalue weighted by atomic mass is 10.3. The molecule has 0 saturated carbocycles. The maximum Gasteiger partial charge on any atom is 0.401 e. The minimum absolute atomic E-state index is 0. The highest BCUT2D eigenvalue weighted by molar-refractivity contribution is 14.0. The Hall–Kier alpha value is -1.04. The molecule has 146 valence electrons. The minimum Gasteiger partial charge on any atom is -0.353 e. The first-order valence-electron chi connectivity index (χ1n) is 7.75. The van der Waals surface area contributed by atoms with Crippen LogP contribution in [0.5, 0.6) is 0 Å². The van der Waals surface area contributed by atoms with E-state index in [1.807, 2.05) is 6.92 Å². The van der Waals surface area contributed by atoms with Crippen molar-refractivity contribution in [3.8, 4) is 0 Å². The van der Waals surface area contributed by atoms with E-state index >= 15 is 0 Å². The molecule has 1 rings (SSSR count). The monoisotopic (exact) mass is 477 g/mol. The fourth-order valence-electron chi connectivity index (χ4n) is 2.22. The van der Waals surface area contributed by atoms with Gasteiger partial charge in [0.05, 0.1) is 6.54 Å². The van der Waals surface area contributed by atoms with Crippen LogP contribution in [0.15, 0.2) is 17.1 Å². The number of likely N-dealkylation sites (N-methyl/N-ethyl adjacent to an activating group) is 1. The van der Waals surface area contributed by atoms with Gasteiger partial charge in [-0.15, -0.1) is 24.0 Å². The Balaban J connectivity index is 0.00000576. The summed E-state index contributed by atoms with van der Waals surface area (Å²) in [5, 5.41) is 6.13. The molecule has 0 aromatic heterocycles. The van der Waals surface area contributed by atoms with Crippen molar-refractivity contribution >= 4 is 35.8 Å². The predicted octanol–water partition coefficient (Wildman–Crippen LogP) is 1.44. The summed E-state index contributed by atoms with van der Waals surface area (Å²) < 4.78 is 37.3. The molecule has 1 aliphatic heterocycles. The Kier molecular flexibility index (Phi) is 10.4. The first kappa shape index (κ1) is 24.0. The Labute approximate surface area is 163 Å². The number of amides is 1. The second-order valence-corrected chi connectivity index (χ2v) is 6.24. The molecule has 0 aliphatic carbocycles. The maximum absolute atomic E-state index is 12.4. The van der Waals surface area contributed by atoms with Gasteiger partial charge in [-0.2, -0.15) is 13.2 Å². The van der Waals surface area contributed by atoms with Crippen LogP contribution >= 0.6 is 24.0 Å². The minimum atomic E-state index is -4.19. The quantitative estimate of drug-likeness (QED) is 0.263. The molecule has 10 heteroatoms. The average Bonchev–Trinajstić information content (AvgIpc) is 2.86. The summed E-state index contributed by atoms with van der Waals surface area (Å²) in [6, 6.07) is -0.141. The van der Waals surface area contributed by atoms with Gasteiger partial charge in [-0.25, -0.2) is 4.99 Å². The fraction of sp³-hybridized carbons (Fsp3) is 0.733. The fourth-order valence-corrected chi connectivity index (χ4v) is 2.22. The highest BCUT2D eigenvalue weighted by Gasteiger charge is 2.34. The van der Waals surface area contributed by atoms with Crippen LogP contribution in [0.4, 0.5) is 13.2 Å². The summed E-state index contributed by atoms with van der Waals surface area (Å²) in [4.78, 5) is 18.6.